The number of nitrogens with zero attached hydrogens (tertiary/aromatic N) is 2. The van der Waals surface area contributed by atoms with E-state index in [0.29, 0.717) is 12.2 Å². The molecule has 1 atom stereocenters. The third kappa shape index (κ3) is 8.59. The summed E-state index contributed by atoms with van der Waals surface area (Å²) in [6, 6.07) is 4.57. The van der Waals surface area contributed by atoms with Crippen LogP contribution in [0.3, 0.4) is 0 Å². The molecule has 1 aromatic carbocycles. The zero-order valence-corrected chi connectivity index (χ0v) is 21.0. The number of benzene rings is 1. The van der Waals surface area contributed by atoms with Crippen LogP contribution in [0.1, 0.15) is 58.3 Å². The Morgan fingerprint density at radius 2 is 1.94 bits per heavy atom. The van der Waals surface area contributed by atoms with Crippen molar-refractivity contribution in [3.05, 3.63) is 47.2 Å². The van der Waals surface area contributed by atoms with Crippen LogP contribution in [0.25, 0.3) is 0 Å². The first-order valence-electron chi connectivity index (χ1n) is 11.4. The Morgan fingerprint density at radius 1 is 1.22 bits per heavy atom. The summed E-state index contributed by atoms with van der Waals surface area (Å²) in [5, 5.41) is 7.42. The molecular weight excluding hydrogens is 478 g/mol. The molecule has 0 aliphatic heterocycles. The number of aromatic nitrogens is 1. The molecule has 2 N–H and O–H groups in total. The maximum absolute atomic E-state index is 14.1. The van der Waals surface area contributed by atoms with Gasteiger partial charge in [0.15, 0.2) is 17.5 Å². The molecule has 0 saturated heterocycles. The molecule has 2 amide bonds. The lowest BCUT2D eigenvalue weighted by atomic mass is 9.93. The average Bonchev–Trinajstić information content (AvgIpc) is 3.28. The summed E-state index contributed by atoms with van der Waals surface area (Å²) < 4.78 is 42.8. The molecule has 2 rings (SSSR count). The van der Waals surface area contributed by atoms with Crippen LogP contribution in [0.5, 0.6) is 0 Å². The van der Waals surface area contributed by atoms with E-state index in [1.807, 2.05) is 20.8 Å². The lowest BCUT2D eigenvalue weighted by Crippen LogP contribution is -2.50. The molecule has 0 saturated carbocycles. The number of nitrogens with one attached hydrogen (secondary N) is 2. The van der Waals surface area contributed by atoms with Gasteiger partial charge in [-0.1, -0.05) is 38.1 Å². The average molecular weight is 511 g/mol. The first kappa shape index (κ1) is 28.7. The smallest absolute Gasteiger partial charge is 0.412 e. The fourth-order valence-electron chi connectivity index (χ4n) is 3.22. The highest BCUT2D eigenvalue weighted by atomic mass is 19.2. The predicted octanol–water partition coefficient (Wildman–Crippen LogP) is 4.06. The van der Waals surface area contributed by atoms with E-state index in [1.165, 1.54) is 31.2 Å². The molecule has 36 heavy (non-hydrogen) atoms. The van der Waals surface area contributed by atoms with Crippen LogP contribution in [0, 0.1) is 11.6 Å². The fraction of sp³-hybridized carbons (Fsp3) is 0.500. The van der Waals surface area contributed by atoms with Crippen molar-refractivity contribution in [3.8, 4) is 0 Å². The summed E-state index contributed by atoms with van der Waals surface area (Å²) in [7, 11) is 1.26. The zero-order chi connectivity index (χ0) is 26.9. The Kier molecular flexibility index (Phi) is 10.3. The van der Waals surface area contributed by atoms with Gasteiger partial charge in [0, 0.05) is 36.9 Å². The number of hydrazine groups is 1. The number of methoxy groups -OCH3 is 1. The van der Waals surface area contributed by atoms with E-state index in [1.54, 1.807) is 6.07 Å². The molecule has 0 aliphatic carbocycles. The molecular formula is C24H32F2N4O6. The second-order valence-electron chi connectivity index (χ2n) is 9.11. The normalized spacial score (nSPS) is 12.1. The van der Waals surface area contributed by atoms with Gasteiger partial charge in [-0.05, 0) is 18.9 Å². The third-order valence-corrected chi connectivity index (χ3v) is 5.21. The van der Waals surface area contributed by atoms with Gasteiger partial charge >= 0.3 is 12.1 Å². The lowest BCUT2D eigenvalue weighted by molar-refractivity contribution is -0.140. The molecule has 0 aliphatic rings. The fourth-order valence-corrected chi connectivity index (χ4v) is 3.22. The van der Waals surface area contributed by atoms with Crippen molar-refractivity contribution < 1.29 is 37.2 Å². The van der Waals surface area contributed by atoms with Crippen LogP contribution in [0.2, 0.25) is 0 Å². The Morgan fingerprint density at radius 3 is 2.56 bits per heavy atom. The molecule has 0 radical (unpaired) electrons. The second kappa shape index (κ2) is 13.0. The minimum absolute atomic E-state index is 0.00825. The largest absolute Gasteiger partial charge is 0.469 e. The van der Waals surface area contributed by atoms with Crippen molar-refractivity contribution >= 4 is 23.8 Å². The lowest BCUT2D eigenvalue weighted by Gasteiger charge is -2.31. The van der Waals surface area contributed by atoms with Gasteiger partial charge in [0.2, 0.25) is 5.91 Å². The van der Waals surface area contributed by atoms with Gasteiger partial charge in [0.05, 0.1) is 13.2 Å². The molecule has 198 valence electrons. The summed E-state index contributed by atoms with van der Waals surface area (Å²) in [4.78, 5) is 36.2. The van der Waals surface area contributed by atoms with E-state index in [-0.39, 0.29) is 42.8 Å². The maximum atomic E-state index is 14.1. The highest BCUT2D eigenvalue weighted by Gasteiger charge is 2.25. The number of rotatable bonds is 11. The van der Waals surface area contributed by atoms with Crippen LogP contribution in [-0.2, 0) is 31.0 Å². The molecule has 0 fully saturated rings. The molecule has 12 heteroatoms. The van der Waals surface area contributed by atoms with Gasteiger partial charge in [-0.25, -0.2) is 19.0 Å². The first-order chi connectivity index (χ1) is 16.9. The van der Waals surface area contributed by atoms with Crippen LogP contribution < -0.4 is 10.7 Å². The van der Waals surface area contributed by atoms with E-state index >= 15 is 0 Å². The monoisotopic (exact) mass is 510 g/mol. The maximum Gasteiger partial charge on any atom is 0.412 e. The van der Waals surface area contributed by atoms with Gasteiger partial charge in [-0.3, -0.25) is 19.9 Å². The Hall–Kier alpha value is -3.54. The molecule has 1 heterocycles. The predicted molar refractivity (Wildman–Crippen MR) is 126 cm³/mol. The van der Waals surface area contributed by atoms with Gasteiger partial charge in [0.1, 0.15) is 12.4 Å². The highest BCUT2D eigenvalue weighted by Crippen LogP contribution is 2.24. The first-order valence-corrected chi connectivity index (χ1v) is 11.4. The highest BCUT2D eigenvalue weighted by molar-refractivity contribution is 5.83. The number of esters is 1. The van der Waals surface area contributed by atoms with Gasteiger partial charge in [-0.15, -0.1) is 0 Å². The zero-order valence-electron chi connectivity index (χ0n) is 21.0. The van der Waals surface area contributed by atoms with Crippen LogP contribution >= 0.6 is 0 Å². The van der Waals surface area contributed by atoms with Crippen LogP contribution in [0.4, 0.5) is 19.4 Å². The van der Waals surface area contributed by atoms with Gasteiger partial charge < -0.3 is 14.0 Å². The summed E-state index contributed by atoms with van der Waals surface area (Å²) in [5.74, 6) is -2.21. The SMILES string of the molecule is COC(=O)CCC[C@@H](COC(=O)Nc1cc(C(C)(C)C)on1)N(NCc1cccc(F)c1F)C(C)=O. The minimum atomic E-state index is -1.03. The van der Waals surface area contributed by atoms with Gasteiger partial charge in [-0.2, -0.15) is 0 Å². The number of amides is 2. The standard InChI is InChI=1S/C24H32F2N4O6/c1-15(31)30(27-13-16-8-6-10-18(25)22(16)26)17(9-7-11-21(32)34-5)14-35-23(33)28-20-12-19(36-29-20)24(2,3)4/h6,8,10,12,17,27H,7,9,11,13-14H2,1-5H3,(H,28,29,33)/t17-/m0/s1. The number of hydrogen-bond donors (Lipinski definition) is 2. The molecule has 0 unspecified atom stereocenters. The van der Waals surface area contributed by atoms with Crippen molar-refractivity contribution in [2.75, 3.05) is 19.0 Å². The molecule has 2 aromatic rings. The second-order valence-corrected chi connectivity index (χ2v) is 9.11. The van der Waals surface area contributed by atoms with Crippen molar-refractivity contribution in [1.29, 1.82) is 0 Å². The number of ether oxygens (including phenoxy) is 2. The van der Waals surface area contributed by atoms with Crippen molar-refractivity contribution in [2.24, 2.45) is 0 Å². The molecule has 1 aromatic heterocycles. The molecule has 10 nitrogen and oxygen atoms in total. The van der Waals surface area contributed by atoms with Crippen LogP contribution in [0.15, 0.2) is 28.8 Å². The molecule has 0 bridgehead atoms. The summed E-state index contributed by atoms with van der Waals surface area (Å²) in [5.41, 5.74) is 2.47. The van der Waals surface area contributed by atoms with Crippen molar-refractivity contribution in [2.45, 2.75) is 65.0 Å². The van der Waals surface area contributed by atoms with Crippen molar-refractivity contribution in [3.63, 3.8) is 0 Å². The molecule has 0 spiro atoms. The number of hydrogen-bond acceptors (Lipinski definition) is 8. The van der Waals surface area contributed by atoms with Gasteiger partial charge in [0.25, 0.3) is 0 Å². The van der Waals surface area contributed by atoms with E-state index in [0.717, 1.165) is 6.07 Å². The topological polar surface area (TPSA) is 123 Å². The Labute approximate surface area is 208 Å². The number of carbonyl (C=O) groups excluding carboxylic acids is 3. The summed E-state index contributed by atoms with van der Waals surface area (Å²) in [6.45, 7) is 6.59. The quantitative estimate of drug-likeness (QED) is 0.343. The van der Waals surface area contributed by atoms with E-state index in [2.05, 4.69) is 20.6 Å². The minimum Gasteiger partial charge on any atom is -0.469 e. The summed E-state index contributed by atoms with van der Waals surface area (Å²) in [6.07, 6.45) is -0.182. The van der Waals surface area contributed by atoms with E-state index in [4.69, 9.17) is 9.26 Å². The van der Waals surface area contributed by atoms with E-state index < -0.39 is 35.6 Å². The number of carbonyl (C=O) groups is 3. The van der Waals surface area contributed by atoms with Crippen LogP contribution in [-0.4, -0.2) is 47.9 Å². The van der Waals surface area contributed by atoms with E-state index in [9.17, 15) is 23.2 Å². The third-order valence-electron chi connectivity index (χ3n) is 5.21. The Balaban J connectivity index is 2.08. The number of anilines is 1. The summed E-state index contributed by atoms with van der Waals surface area (Å²) >= 11 is 0. The number of halogens is 2. The van der Waals surface area contributed by atoms with Crippen molar-refractivity contribution in [1.82, 2.24) is 15.6 Å². The Bertz CT molecular complexity index is 1050.